The lowest BCUT2D eigenvalue weighted by Crippen LogP contribution is -2.16. The molecule has 0 saturated heterocycles. The van der Waals surface area contributed by atoms with Crippen LogP contribution in [0.5, 0.6) is 5.75 Å². The number of hydrogen-bond donors (Lipinski definition) is 1. The number of rotatable bonds is 3. The van der Waals surface area contributed by atoms with Gasteiger partial charge in [-0.05, 0) is 30.3 Å². The Labute approximate surface area is 133 Å². The van der Waals surface area contributed by atoms with E-state index in [1.54, 1.807) is 12.3 Å². The number of imidazole rings is 1. The summed E-state index contributed by atoms with van der Waals surface area (Å²) in [5, 5.41) is 6.42. The number of hydrogen-bond acceptors (Lipinski definition) is 4. The van der Waals surface area contributed by atoms with Crippen molar-refractivity contribution in [1.82, 2.24) is 14.6 Å². The molecule has 24 heavy (non-hydrogen) atoms. The van der Waals surface area contributed by atoms with Gasteiger partial charge < -0.3 is 10.1 Å². The molecule has 0 spiro atoms. The lowest BCUT2D eigenvalue weighted by Gasteiger charge is -2.13. The highest BCUT2D eigenvalue weighted by atomic mass is 19.4. The maximum Gasteiger partial charge on any atom is 0.416 e. The molecule has 1 amide bonds. The first-order valence-corrected chi connectivity index (χ1v) is 6.75. The molecule has 0 fully saturated rings. The van der Waals surface area contributed by atoms with Gasteiger partial charge >= 0.3 is 6.18 Å². The van der Waals surface area contributed by atoms with Crippen LogP contribution in [0.1, 0.15) is 16.1 Å². The molecule has 0 unspecified atom stereocenters. The molecule has 1 N–H and O–H groups in total. The van der Waals surface area contributed by atoms with E-state index >= 15 is 0 Å². The lowest BCUT2D eigenvalue weighted by molar-refractivity contribution is -0.137. The second-order valence-electron chi connectivity index (χ2n) is 4.82. The van der Waals surface area contributed by atoms with E-state index < -0.39 is 17.6 Å². The van der Waals surface area contributed by atoms with Crippen LogP contribution in [0.3, 0.4) is 0 Å². The highest BCUT2D eigenvalue weighted by Crippen LogP contribution is 2.35. The largest absolute Gasteiger partial charge is 0.495 e. The molecule has 0 saturated carbocycles. The van der Waals surface area contributed by atoms with Crippen molar-refractivity contribution in [3.63, 3.8) is 0 Å². The van der Waals surface area contributed by atoms with E-state index in [4.69, 9.17) is 4.74 Å². The van der Waals surface area contributed by atoms with Crippen LogP contribution in [0.2, 0.25) is 0 Å². The Morgan fingerprint density at radius 3 is 2.75 bits per heavy atom. The number of nitrogens with one attached hydrogen (secondary N) is 1. The summed E-state index contributed by atoms with van der Waals surface area (Å²) in [5.41, 5.74) is -0.412. The maximum absolute atomic E-state index is 12.8. The Morgan fingerprint density at radius 1 is 1.25 bits per heavy atom. The lowest BCUT2D eigenvalue weighted by atomic mass is 10.1. The first kappa shape index (κ1) is 15.8. The van der Waals surface area contributed by atoms with Crippen molar-refractivity contribution in [2.24, 2.45) is 0 Å². The Balaban J connectivity index is 1.92. The van der Waals surface area contributed by atoms with Crippen molar-refractivity contribution < 1.29 is 22.7 Å². The summed E-state index contributed by atoms with van der Waals surface area (Å²) in [4.78, 5) is 16.3. The third-order valence-electron chi connectivity index (χ3n) is 3.26. The molecule has 0 aliphatic rings. The van der Waals surface area contributed by atoms with Crippen LogP contribution in [-0.2, 0) is 6.18 Å². The normalized spacial score (nSPS) is 11.5. The molecule has 0 atom stereocenters. The number of nitrogens with zero attached hydrogens (tertiary/aromatic N) is 3. The van der Waals surface area contributed by atoms with Crippen LogP contribution >= 0.6 is 0 Å². The number of carbonyl (C=O) groups excluding carboxylic acids is 1. The van der Waals surface area contributed by atoms with E-state index in [1.165, 1.54) is 23.9 Å². The van der Waals surface area contributed by atoms with Crippen LogP contribution < -0.4 is 10.1 Å². The smallest absolute Gasteiger partial charge is 0.416 e. The first-order chi connectivity index (χ1) is 11.4. The number of amides is 1. The maximum atomic E-state index is 12.8. The van der Waals surface area contributed by atoms with Crippen LogP contribution in [0.25, 0.3) is 5.65 Å². The molecule has 3 aromatic rings. The molecule has 2 aromatic heterocycles. The molecule has 0 radical (unpaired) electrons. The van der Waals surface area contributed by atoms with Gasteiger partial charge in [-0.2, -0.15) is 18.3 Å². The van der Waals surface area contributed by atoms with Gasteiger partial charge in [-0.3, -0.25) is 4.79 Å². The van der Waals surface area contributed by atoms with Crippen molar-refractivity contribution in [3.8, 4) is 5.75 Å². The predicted molar refractivity (Wildman–Crippen MR) is 78.9 cm³/mol. The number of alkyl halides is 3. The zero-order chi connectivity index (χ0) is 17.3. The highest BCUT2D eigenvalue weighted by molar-refractivity contribution is 6.03. The zero-order valence-corrected chi connectivity index (χ0v) is 12.3. The Hall–Kier alpha value is -3.10. The third kappa shape index (κ3) is 3.00. The number of aromatic nitrogens is 3. The monoisotopic (exact) mass is 336 g/mol. The van der Waals surface area contributed by atoms with Gasteiger partial charge in [-0.1, -0.05) is 0 Å². The summed E-state index contributed by atoms with van der Waals surface area (Å²) in [5.74, 6) is -0.553. The minimum Gasteiger partial charge on any atom is -0.495 e. The van der Waals surface area contributed by atoms with Crippen molar-refractivity contribution >= 4 is 17.2 Å². The van der Waals surface area contributed by atoms with Gasteiger partial charge in [0.25, 0.3) is 5.91 Å². The van der Waals surface area contributed by atoms with E-state index in [2.05, 4.69) is 15.4 Å². The first-order valence-electron chi connectivity index (χ1n) is 6.75. The SMILES string of the molecule is COc1ccc(C(F)(F)F)cc1NC(=O)c1ccc2nccn2n1. The van der Waals surface area contributed by atoms with Gasteiger partial charge in [0.2, 0.25) is 0 Å². The molecule has 0 aliphatic carbocycles. The van der Waals surface area contributed by atoms with Crippen LogP contribution in [0.4, 0.5) is 18.9 Å². The quantitative estimate of drug-likeness (QED) is 0.798. The summed E-state index contributed by atoms with van der Waals surface area (Å²) in [6.07, 6.45) is -1.46. The van der Waals surface area contributed by atoms with Gasteiger partial charge in [0.15, 0.2) is 5.65 Å². The van der Waals surface area contributed by atoms with Crippen molar-refractivity contribution in [3.05, 3.63) is 54.0 Å². The molecular formula is C15H11F3N4O2. The fraction of sp³-hybridized carbons (Fsp3) is 0.133. The molecule has 2 heterocycles. The summed E-state index contributed by atoms with van der Waals surface area (Å²) >= 11 is 0. The van der Waals surface area contributed by atoms with Gasteiger partial charge in [-0.25, -0.2) is 9.50 Å². The molecule has 9 heteroatoms. The van der Waals surface area contributed by atoms with Gasteiger partial charge in [-0.15, -0.1) is 0 Å². The average Bonchev–Trinajstić information content (AvgIpc) is 3.01. The van der Waals surface area contributed by atoms with Gasteiger partial charge in [0, 0.05) is 12.4 Å². The van der Waals surface area contributed by atoms with Crippen LogP contribution in [-0.4, -0.2) is 27.6 Å². The summed E-state index contributed by atoms with van der Waals surface area (Å²) in [6.45, 7) is 0. The molecule has 0 bridgehead atoms. The van der Waals surface area contributed by atoms with E-state index in [0.717, 1.165) is 18.2 Å². The highest BCUT2D eigenvalue weighted by Gasteiger charge is 2.31. The fourth-order valence-corrected chi connectivity index (χ4v) is 2.10. The van der Waals surface area contributed by atoms with E-state index in [1.807, 2.05) is 0 Å². The molecular weight excluding hydrogens is 325 g/mol. The molecule has 124 valence electrons. The summed E-state index contributed by atoms with van der Waals surface area (Å²) in [7, 11) is 1.30. The topological polar surface area (TPSA) is 68.5 Å². The Morgan fingerprint density at radius 2 is 2.04 bits per heavy atom. The van der Waals surface area contributed by atoms with E-state index in [9.17, 15) is 18.0 Å². The number of benzene rings is 1. The molecule has 3 rings (SSSR count). The number of carbonyl (C=O) groups is 1. The second kappa shape index (κ2) is 5.84. The number of halogens is 3. The summed E-state index contributed by atoms with van der Waals surface area (Å²) < 4.78 is 44.9. The predicted octanol–water partition coefficient (Wildman–Crippen LogP) is 3.01. The van der Waals surface area contributed by atoms with Crippen molar-refractivity contribution in [1.29, 1.82) is 0 Å². The van der Waals surface area contributed by atoms with Crippen molar-refractivity contribution in [2.75, 3.05) is 12.4 Å². The second-order valence-corrected chi connectivity index (χ2v) is 4.82. The van der Waals surface area contributed by atoms with Crippen LogP contribution in [0, 0.1) is 0 Å². The fourth-order valence-electron chi connectivity index (χ4n) is 2.10. The molecule has 0 aliphatic heterocycles. The summed E-state index contributed by atoms with van der Waals surface area (Å²) in [6, 6.07) is 5.84. The zero-order valence-electron chi connectivity index (χ0n) is 12.3. The number of fused-ring (bicyclic) bond motifs is 1. The minimum atomic E-state index is -4.53. The third-order valence-corrected chi connectivity index (χ3v) is 3.26. The van der Waals surface area contributed by atoms with Crippen molar-refractivity contribution in [2.45, 2.75) is 6.18 Å². The van der Waals surface area contributed by atoms with Gasteiger partial charge in [0.05, 0.1) is 18.4 Å². The average molecular weight is 336 g/mol. The van der Waals surface area contributed by atoms with E-state index in [0.29, 0.717) is 5.65 Å². The van der Waals surface area contributed by atoms with Crippen LogP contribution in [0.15, 0.2) is 42.7 Å². The standard InChI is InChI=1S/C15H11F3N4O2/c1-24-12-4-2-9(15(16,17)18)8-11(12)20-14(23)10-3-5-13-19-6-7-22(13)21-10/h2-8H,1H3,(H,20,23). The molecule has 1 aromatic carbocycles. The molecule has 6 nitrogen and oxygen atoms in total. The Bertz CT molecular complexity index is 905. The number of anilines is 1. The number of methoxy groups -OCH3 is 1. The number of ether oxygens (including phenoxy) is 1. The minimum absolute atomic E-state index is 0.0277. The van der Waals surface area contributed by atoms with E-state index in [-0.39, 0.29) is 17.1 Å². The Kier molecular flexibility index (Phi) is 3.84. The van der Waals surface area contributed by atoms with Gasteiger partial charge in [0.1, 0.15) is 11.4 Å².